The smallest absolute Gasteiger partial charge is 0.326 e. The van der Waals surface area contributed by atoms with Crippen molar-refractivity contribution in [2.45, 2.75) is 59.3 Å². The summed E-state index contributed by atoms with van der Waals surface area (Å²) < 4.78 is 24.1. The van der Waals surface area contributed by atoms with E-state index in [0.29, 0.717) is 0 Å². The fraction of sp³-hybridized carbons (Fsp3) is 0.234. The van der Waals surface area contributed by atoms with E-state index in [1.807, 2.05) is 109 Å². The third-order valence-corrected chi connectivity index (χ3v) is 9.61. The second-order valence-corrected chi connectivity index (χ2v) is 15.7. The van der Waals surface area contributed by atoms with Crippen LogP contribution in [0.25, 0.3) is 11.1 Å². The summed E-state index contributed by atoms with van der Waals surface area (Å²) >= 11 is 0. The van der Waals surface area contributed by atoms with Gasteiger partial charge >= 0.3 is 8.38 Å². The van der Waals surface area contributed by atoms with E-state index in [0.717, 1.165) is 45.0 Å². The molecule has 0 aromatic heterocycles. The Bertz CT molecular complexity index is 1940. The van der Waals surface area contributed by atoms with Crippen LogP contribution in [0.5, 0.6) is 23.0 Å². The van der Waals surface area contributed by atoms with Crippen LogP contribution in [0.3, 0.4) is 0 Å². The first-order valence-electron chi connectivity index (χ1n) is 17.6. The van der Waals surface area contributed by atoms with Gasteiger partial charge in [-0.15, -0.1) is 0 Å². The van der Waals surface area contributed by atoms with Gasteiger partial charge in [0.25, 0.3) is 0 Å². The number of hydrogen-bond acceptors (Lipinski definition) is 4. The van der Waals surface area contributed by atoms with Crippen LogP contribution >= 0.6 is 8.38 Å². The van der Waals surface area contributed by atoms with Crippen LogP contribution in [0.2, 0.25) is 0 Å². The largest absolute Gasteiger partial charge is 0.496 e. The molecule has 6 aromatic carbocycles. The van der Waals surface area contributed by atoms with Gasteiger partial charge in [-0.25, -0.2) is 0 Å². The SMILES string of the molecule is COc1ccccc1-c1ccccc1OP(Oc1ccccc1C(C)(C)C)c1ccccc1.COc1ccccc1C(C)(C)C.Cc1ccccc1. The van der Waals surface area contributed by atoms with E-state index in [9.17, 15) is 0 Å². The zero-order chi connectivity index (χ0) is 37.6. The maximum absolute atomic E-state index is 6.64. The molecule has 0 radical (unpaired) electrons. The highest BCUT2D eigenvalue weighted by molar-refractivity contribution is 7.56. The van der Waals surface area contributed by atoms with Crippen molar-refractivity contribution < 1.29 is 18.5 Å². The quantitative estimate of drug-likeness (QED) is 0.147. The van der Waals surface area contributed by atoms with E-state index >= 15 is 0 Å². The van der Waals surface area contributed by atoms with Gasteiger partial charge < -0.3 is 18.5 Å². The van der Waals surface area contributed by atoms with Crippen LogP contribution in [-0.4, -0.2) is 14.2 Å². The minimum Gasteiger partial charge on any atom is -0.496 e. The molecule has 0 fully saturated rings. The van der Waals surface area contributed by atoms with Crippen LogP contribution < -0.4 is 23.8 Å². The second kappa shape index (κ2) is 19.0. The Labute approximate surface area is 313 Å². The van der Waals surface area contributed by atoms with E-state index in [4.69, 9.17) is 18.5 Å². The van der Waals surface area contributed by atoms with Crippen LogP contribution in [0.4, 0.5) is 0 Å². The number of para-hydroxylation sites is 4. The van der Waals surface area contributed by atoms with Gasteiger partial charge in [0.15, 0.2) is 0 Å². The molecule has 0 bridgehead atoms. The summed E-state index contributed by atoms with van der Waals surface area (Å²) in [7, 11) is 1.97. The number of ether oxygens (including phenoxy) is 2. The second-order valence-electron chi connectivity index (χ2n) is 14.3. The third-order valence-electron chi connectivity index (χ3n) is 8.16. The molecule has 270 valence electrons. The summed E-state index contributed by atoms with van der Waals surface area (Å²) in [6.45, 7) is 15.2. The number of methoxy groups -OCH3 is 2. The zero-order valence-corrected chi connectivity index (χ0v) is 33.0. The standard InChI is InChI=1S/C29H29O3P.C11H16O.C7H8/c1-29(2,3)25-18-10-13-21-28(25)32-33(22-14-6-5-7-15-22)31-27-20-12-9-17-24(27)23-16-8-11-19-26(23)30-4;1-11(2,3)9-7-5-6-8-10(9)12-4;1-7-5-3-2-4-6-7/h5-21H,1-4H3;5-8H,1-4H3;2-6H,1H3. The number of rotatable bonds is 8. The zero-order valence-electron chi connectivity index (χ0n) is 32.1. The average Bonchev–Trinajstić information content (AvgIpc) is 3.15. The molecule has 0 aliphatic heterocycles. The van der Waals surface area contributed by atoms with Crippen molar-refractivity contribution in [2.24, 2.45) is 0 Å². The molecule has 0 amide bonds. The first-order valence-corrected chi connectivity index (χ1v) is 18.8. The summed E-state index contributed by atoms with van der Waals surface area (Å²) in [4.78, 5) is 0. The molecule has 0 spiro atoms. The van der Waals surface area contributed by atoms with Crippen molar-refractivity contribution in [2.75, 3.05) is 14.2 Å². The van der Waals surface area contributed by atoms with Crippen LogP contribution in [0, 0.1) is 6.92 Å². The molecule has 1 atom stereocenters. The Morgan fingerprint density at radius 2 is 0.750 bits per heavy atom. The fourth-order valence-corrected chi connectivity index (χ4v) is 6.79. The van der Waals surface area contributed by atoms with Gasteiger partial charge in [-0.05, 0) is 65.3 Å². The van der Waals surface area contributed by atoms with E-state index < -0.39 is 8.38 Å². The Morgan fingerprint density at radius 3 is 1.21 bits per heavy atom. The highest BCUT2D eigenvalue weighted by atomic mass is 31.2. The van der Waals surface area contributed by atoms with E-state index in [1.165, 1.54) is 11.1 Å². The molecule has 0 N–H and O–H groups in total. The summed E-state index contributed by atoms with van der Waals surface area (Å²) in [6, 6.07) is 52.7. The first kappa shape index (κ1) is 39.7. The van der Waals surface area contributed by atoms with Crippen LogP contribution in [-0.2, 0) is 10.8 Å². The van der Waals surface area contributed by atoms with E-state index in [-0.39, 0.29) is 10.8 Å². The lowest BCUT2D eigenvalue weighted by Gasteiger charge is -2.26. The minimum absolute atomic E-state index is 0.0520. The molecular weight excluding hydrogens is 659 g/mol. The lowest BCUT2D eigenvalue weighted by Crippen LogP contribution is -2.15. The van der Waals surface area contributed by atoms with Crippen molar-refractivity contribution in [3.8, 4) is 34.1 Å². The summed E-state index contributed by atoms with van der Waals surface area (Å²) in [5.74, 6) is 3.38. The monoisotopic (exact) mass is 712 g/mol. The Balaban J connectivity index is 0.000000259. The molecule has 6 aromatic rings. The third kappa shape index (κ3) is 11.5. The Hall–Kier alpha value is -5.05. The van der Waals surface area contributed by atoms with Crippen molar-refractivity contribution in [3.05, 3.63) is 174 Å². The van der Waals surface area contributed by atoms with Gasteiger partial charge in [0.1, 0.15) is 23.0 Å². The van der Waals surface area contributed by atoms with Gasteiger partial charge in [-0.1, -0.05) is 168 Å². The predicted molar refractivity (Wildman–Crippen MR) is 221 cm³/mol. The average molecular weight is 713 g/mol. The Morgan fingerprint density at radius 1 is 0.385 bits per heavy atom. The molecule has 5 heteroatoms. The number of aryl methyl sites for hydroxylation is 1. The number of hydrogen-bond donors (Lipinski definition) is 0. The van der Waals surface area contributed by atoms with Gasteiger partial charge in [0.2, 0.25) is 0 Å². The molecular formula is C47H53O4P. The number of benzene rings is 6. The maximum Gasteiger partial charge on any atom is 0.326 e. The Kier molecular flexibility index (Phi) is 14.5. The van der Waals surface area contributed by atoms with Crippen molar-refractivity contribution in [3.63, 3.8) is 0 Å². The maximum atomic E-state index is 6.64. The lowest BCUT2D eigenvalue weighted by atomic mass is 9.86. The van der Waals surface area contributed by atoms with E-state index in [2.05, 4.69) is 97.0 Å². The summed E-state index contributed by atoms with van der Waals surface area (Å²) in [5, 5.41) is 1.01. The molecule has 0 saturated carbocycles. The van der Waals surface area contributed by atoms with Crippen molar-refractivity contribution in [1.29, 1.82) is 0 Å². The molecule has 0 heterocycles. The highest BCUT2D eigenvalue weighted by Gasteiger charge is 2.25. The first-order chi connectivity index (χ1) is 24.9. The van der Waals surface area contributed by atoms with Crippen LogP contribution in [0.1, 0.15) is 58.2 Å². The summed E-state index contributed by atoms with van der Waals surface area (Å²) in [5.41, 5.74) is 5.78. The van der Waals surface area contributed by atoms with Crippen LogP contribution in [0.15, 0.2) is 158 Å². The molecule has 0 aliphatic carbocycles. The lowest BCUT2D eigenvalue weighted by molar-refractivity contribution is 0.397. The van der Waals surface area contributed by atoms with Gasteiger partial charge in [-0.3, -0.25) is 0 Å². The minimum atomic E-state index is -1.43. The summed E-state index contributed by atoms with van der Waals surface area (Å²) in [6.07, 6.45) is 0. The molecule has 1 unspecified atom stereocenters. The fourth-order valence-electron chi connectivity index (χ4n) is 5.45. The predicted octanol–water partition coefficient (Wildman–Crippen LogP) is 12.7. The molecule has 6 rings (SSSR count). The van der Waals surface area contributed by atoms with Crippen molar-refractivity contribution >= 4 is 13.7 Å². The molecule has 0 saturated heterocycles. The van der Waals surface area contributed by atoms with Gasteiger partial charge in [0, 0.05) is 11.1 Å². The molecule has 52 heavy (non-hydrogen) atoms. The van der Waals surface area contributed by atoms with Gasteiger partial charge in [0.05, 0.1) is 19.5 Å². The van der Waals surface area contributed by atoms with Crippen molar-refractivity contribution in [1.82, 2.24) is 0 Å². The van der Waals surface area contributed by atoms with E-state index in [1.54, 1.807) is 14.2 Å². The molecule has 4 nitrogen and oxygen atoms in total. The highest BCUT2D eigenvalue weighted by Crippen LogP contribution is 2.46. The topological polar surface area (TPSA) is 36.9 Å². The molecule has 0 aliphatic rings. The van der Waals surface area contributed by atoms with Gasteiger partial charge in [-0.2, -0.15) is 0 Å². The normalized spacial score (nSPS) is 11.5.